The number of tetrazole rings is 1. The van der Waals surface area contributed by atoms with Crippen LogP contribution in [0.1, 0.15) is 44.9 Å². The molecule has 0 fully saturated rings. The number of anilines is 2. The minimum atomic E-state index is -0.463. The highest BCUT2D eigenvalue weighted by atomic mass is 16.5. The van der Waals surface area contributed by atoms with Crippen LogP contribution >= 0.6 is 0 Å². The minimum absolute atomic E-state index is 0.0302. The molecule has 0 bridgehead atoms. The van der Waals surface area contributed by atoms with Gasteiger partial charge in [0.15, 0.2) is 0 Å². The molecule has 8 heteroatoms. The van der Waals surface area contributed by atoms with Gasteiger partial charge in [-0.1, -0.05) is 62.3 Å². The van der Waals surface area contributed by atoms with Gasteiger partial charge in [-0.15, -0.1) is 0 Å². The lowest BCUT2D eigenvalue weighted by molar-refractivity contribution is -0.113. The zero-order chi connectivity index (χ0) is 22.2. The number of methoxy groups -OCH3 is 1. The molecule has 0 aliphatic carbocycles. The third kappa shape index (κ3) is 3.88. The van der Waals surface area contributed by atoms with Crippen LogP contribution in [-0.4, -0.2) is 33.2 Å². The summed E-state index contributed by atoms with van der Waals surface area (Å²) >= 11 is 0. The minimum Gasteiger partial charge on any atom is -0.495 e. The van der Waals surface area contributed by atoms with Crippen molar-refractivity contribution in [1.29, 1.82) is 0 Å². The van der Waals surface area contributed by atoms with Gasteiger partial charge in [0.05, 0.1) is 18.4 Å². The zero-order valence-electron chi connectivity index (χ0n) is 18.3. The van der Waals surface area contributed by atoms with E-state index in [9.17, 15) is 4.79 Å². The second-order valence-corrected chi connectivity index (χ2v) is 8.54. The normalized spacial score (nSPS) is 15.8. The molecule has 1 aliphatic rings. The number of rotatable bonds is 4. The van der Waals surface area contributed by atoms with Gasteiger partial charge >= 0.3 is 0 Å². The number of amides is 1. The van der Waals surface area contributed by atoms with Crippen molar-refractivity contribution in [3.05, 3.63) is 70.9 Å². The predicted molar refractivity (Wildman–Crippen MR) is 119 cm³/mol. The lowest BCUT2D eigenvalue weighted by Gasteiger charge is -2.28. The van der Waals surface area contributed by atoms with Gasteiger partial charge in [-0.2, -0.15) is 4.68 Å². The summed E-state index contributed by atoms with van der Waals surface area (Å²) in [5, 5.41) is 18.1. The summed E-state index contributed by atoms with van der Waals surface area (Å²) in [7, 11) is 1.57. The van der Waals surface area contributed by atoms with Gasteiger partial charge in [-0.3, -0.25) is 4.79 Å². The highest BCUT2D eigenvalue weighted by Crippen LogP contribution is 2.36. The fraction of sp³-hybridized carbons (Fsp3) is 0.304. The molecule has 0 saturated carbocycles. The molecular formula is C23H26N6O2. The Labute approximate surface area is 181 Å². The van der Waals surface area contributed by atoms with E-state index >= 15 is 0 Å². The number of aromatic nitrogens is 4. The number of hydrogen-bond donors (Lipinski definition) is 2. The summed E-state index contributed by atoms with van der Waals surface area (Å²) in [4.78, 5) is 13.4. The molecule has 0 saturated heterocycles. The van der Waals surface area contributed by atoms with E-state index in [0.717, 1.165) is 5.56 Å². The van der Waals surface area contributed by atoms with Crippen LogP contribution in [-0.2, 0) is 10.2 Å². The van der Waals surface area contributed by atoms with Crippen molar-refractivity contribution in [3.8, 4) is 5.75 Å². The molecule has 2 N–H and O–H groups in total. The molecule has 31 heavy (non-hydrogen) atoms. The standard InChI is InChI=1S/C23H26N6O2/c1-14-19(21(30)25-17-8-6-7-9-18(17)31-5)20(29-22(24-14)26-27-28-29)15-10-12-16(13-11-15)23(2,3)4/h6-13,20H,1-5H3,(H,25,30)(H,24,26,28). The quantitative estimate of drug-likeness (QED) is 0.667. The molecule has 2 heterocycles. The van der Waals surface area contributed by atoms with Gasteiger partial charge in [0.1, 0.15) is 11.8 Å². The monoisotopic (exact) mass is 418 g/mol. The summed E-state index contributed by atoms with van der Waals surface area (Å²) in [5.74, 6) is 0.837. The largest absolute Gasteiger partial charge is 0.495 e. The van der Waals surface area contributed by atoms with Gasteiger partial charge in [0.2, 0.25) is 5.95 Å². The molecule has 3 aromatic rings. The summed E-state index contributed by atoms with van der Waals surface area (Å²) in [6, 6.07) is 15.1. The number of benzene rings is 2. The maximum absolute atomic E-state index is 13.4. The van der Waals surface area contributed by atoms with E-state index in [-0.39, 0.29) is 11.3 Å². The van der Waals surface area contributed by atoms with E-state index < -0.39 is 6.04 Å². The molecule has 1 aromatic heterocycles. The molecule has 0 radical (unpaired) electrons. The van der Waals surface area contributed by atoms with Crippen LogP contribution < -0.4 is 15.4 Å². The van der Waals surface area contributed by atoms with E-state index in [1.54, 1.807) is 23.9 Å². The van der Waals surface area contributed by atoms with Crippen molar-refractivity contribution in [1.82, 2.24) is 20.2 Å². The van der Waals surface area contributed by atoms with Crippen LogP contribution in [0, 0.1) is 0 Å². The third-order valence-corrected chi connectivity index (χ3v) is 5.41. The number of nitrogens with one attached hydrogen (secondary N) is 2. The first-order valence-corrected chi connectivity index (χ1v) is 10.1. The maximum atomic E-state index is 13.4. The highest BCUT2D eigenvalue weighted by molar-refractivity contribution is 6.06. The smallest absolute Gasteiger partial charge is 0.255 e. The van der Waals surface area contributed by atoms with Crippen LogP contribution in [0.5, 0.6) is 5.75 Å². The number of para-hydroxylation sites is 2. The number of carbonyl (C=O) groups is 1. The summed E-state index contributed by atoms with van der Waals surface area (Å²) in [5.41, 5.74) is 3.99. The van der Waals surface area contributed by atoms with Gasteiger partial charge in [-0.05, 0) is 46.0 Å². The number of hydrogen-bond acceptors (Lipinski definition) is 6. The van der Waals surface area contributed by atoms with E-state index in [1.807, 2.05) is 31.2 Å². The average Bonchev–Trinajstić information content (AvgIpc) is 3.20. The van der Waals surface area contributed by atoms with Crippen LogP contribution in [0.3, 0.4) is 0 Å². The Bertz CT molecular complexity index is 1140. The average molecular weight is 419 g/mol. The Hall–Kier alpha value is -3.68. The molecule has 1 aliphatic heterocycles. The van der Waals surface area contributed by atoms with Gasteiger partial charge in [-0.25, -0.2) is 0 Å². The summed E-state index contributed by atoms with van der Waals surface area (Å²) in [6.45, 7) is 8.36. The Kier molecular flexibility index (Phi) is 5.22. The number of ether oxygens (including phenoxy) is 1. The Morgan fingerprint density at radius 1 is 1.13 bits per heavy atom. The maximum Gasteiger partial charge on any atom is 0.255 e. The van der Waals surface area contributed by atoms with Gasteiger partial charge in [0.25, 0.3) is 5.91 Å². The third-order valence-electron chi connectivity index (χ3n) is 5.41. The second-order valence-electron chi connectivity index (χ2n) is 8.54. The molecular weight excluding hydrogens is 392 g/mol. The number of allylic oxidation sites excluding steroid dienone is 1. The van der Waals surface area contributed by atoms with Crippen LogP contribution in [0.4, 0.5) is 11.6 Å². The van der Waals surface area contributed by atoms with Crippen molar-refractivity contribution >= 4 is 17.5 Å². The van der Waals surface area contributed by atoms with E-state index in [2.05, 4.69) is 59.1 Å². The topological polar surface area (TPSA) is 94.0 Å². The molecule has 8 nitrogen and oxygen atoms in total. The molecule has 1 atom stereocenters. The first kappa shape index (κ1) is 20.6. The van der Waals surface area contributed by atoms with Crippen molar-refractivity contribution < 1.29 is 9.53 Å². The molecule has 0 spiro atoms. The van der Waals surface area contributed by atoms with E-state index in [1.165, 1.54) is 5.56 Å². The Morgan fingerprint density at radius 2 is 1.84 bits per heavy atom. The molecule has 1 amide bonds. The first-order valence-electron chi connectivity index (χ1n) is 10.1. The SMILES string of the molecule is COc1ccccc1NC(=O)C1=C(C)Nc2nnnn2C1c1ccc(C(C)(C)C)cc1. The lowest BCUT2D eigenvalue weighted by Crippen LogP contribution is -2.31. The zero-order valence-corrected chi connectivity index (χ0v) is 18.3. The number of nitrogens with zero attached hydrogens (tertiary/aromatic N) is 4. The van der Waals surface area contributed by atoms with Crippen molar-refractivity contribution in [2.24, 2.45) is 0 Å². The first-order chi connectivity index (χ1) is 14.8. The molecule has 160 valence electrons. The van der Waals surface area contributed by atoms with Gasteiger partial charge in [0, 0.05) is 5.70 Å². The Morgan fingerprint density at radius 3 is 2.52 bits per heavy atom. The fourth-order valence-corrected chi connectivity index (χ4v) is 3.72. The van der Waals surface area contributed by atoms with E-state index in [4.69, 9.17) is 4.74 Å². The van der Waals surface area contributed by atoms with Crippen LogP contribution in [0.25, 0.3) is 0 Å². The number of carbonyl (C=O) groups excluding carboxylic acids is 1. The van der Waals surface area contributed by atoms with Crippen LogP contribution in [0.2, 0.25) is 0 Å². The van der Waals surface area contributed by atoms with Gasteiger partial charge < -0.3 is 15.4 Å². The number of fused-ring (bicyclic) bond motifs is 1. The second kappa shape index (κ2) is 7.86. The highest BCUT2D eigenvalue weighted by Gasteiger charge is 2.34. The predicted octanol–water partition coefficient (Wildman–Crippen LogP) is 3.91. The molecule has 4 rings (SSSR count). The van der Waals surface area contributed by atoms with Crippen molar-refractivity contribution in [2.75, 3.05) is 17.7 Å². The molecule has 2 aromatic carbocycles. The molecule has 1 unspecified atom stereocenters. The van der Waals surface area contributed by atoms with Crippen molar-refractivity contribution in [2.45, 2.75) is 39.2 Å². The van der Waals surface area contributed by atoms with Crippen LogP contribution in [0.15, 0.2) is 59.8 Å². The van der Waals surface area contributed by atoms with E-state index in [0.29, 0.717) is 28.7 Å². The fourth-order valence-electron chi connectivity index (χ4n) is 3.72. The van der Waals surface area contributed by atoms with Crippen molar-refractivity contribution in [3.63, 3.8) is 0 Å². The lowest BCUT2D eigenvalue weighted by atomic mass is 9.85. The summed E-state index contributed by atoms with van der Waals surface area (Å²) < 4.78 is 7.01. The Balaban J connectivity index is 1.75. The summed E-state index contributed by atoms with van der Waals surface area (Å²) in [6.07, 6.45) is 0.